The Balaban J connectivity index is 1.89. The van der Waals surface area contributed by atoms with Gasteiger partial charge in [-0.05, 0) is 11.6 Å². The lowest BCUT2D eigenvalue weighted by Gasteiger charge is -2.35. The molecule has 3 aromatic rings. The van der Waals surface area contributed by atoms with Gasteiger partial charge in [0.15, 0.2) is 11.2 Å². The lowest BCUT2D eigenvalue weighted by Crippen LogP contribution is -2.48. The Hall–Kier alpha value is -3.07. The van der Waals surface area contributed by atoms with E-state index in [0.29, 0.717) is 54.9 Å². The van der Waals surface area contributed by atoms with E-state index < -0.39 is 11.2 Å². The normalized spacial score (nSPS) is 14.5. The quantitative estimate of drug-likeness (QED) is 0.613. The molecule has 1 saturated heterocycles. The van der Waals surface area contributed by atoms with Gasteiger partial charge in [-0.3, -0.25) is 23.3 Å². The van der Waals surface area contributed by atoms with E-state index in [9.17, 15) is 14.4 Å². The lowest BCUT2D eigenvalue weighted by molar-refractivity contribution is -0.129. The first-order chi connectivity index (χ1) is 14.3. The smallest absolute Gasteiger partial charge is 0.332 e. The maximum Gasteiger partial charge on any atom is 0.332 e. The predicted octanol–water partition coefficient (Wildman–Crippen LogP) is 0.804. The van der Waals surface area contributed by atoms with Gasteiger partial charge in [-0.1, -0.05) is 29.8 Å². The average molecular weight is 431 g/mol. The molecule has 158 valence electrons. The number of halogens is 1. The summed E-state index contributed by atoms with van der Waals surface area (Å²) in [6.07, 6.45) is 0. The number of fused-ring (bicyclic) bond motifs is 1. The summed E-state index contributed by atoms with van der Waals surface area (Å²) >= 11 is 6.38. The Morgan fingerprint density at radius 1 is 1.07 bits per heavy atom. The molecular weight excluding hydrogens is 408 g/mol. The number of piperazine rings is 1. The van der Waals surface area contributed by atoms with Crippen LogP contribution in [-0.2, 0) is 25.4 Å². The van der Waals surface area contributed by atoms with Gasteiger partial charge in [0.2, 0.25) is 11.9 Å². The molecule has 4 rings (SSSR count). The highest BCUT2D eigenvalue weighted by molar-refractivity contribution is 6.31. The summed E-state index contributed by atoms with van der Waals surface area (Å²) in [5.74, 6) is 0.627. The van der Waals surface area contributed by atoms with E-state index in [1.807, 2.05) is 27.7 Å². The van der Waals surface area contributed by atoms with E-state index >= 15 is 0 Å². The number of nitrogens with zero attached hydrogens (tertiary/aromatic N) is 6. The summed E-state index contributed by atoms with van der Waals surface area (Å²) < 4.78 is 4.29. The van der Waals surface area contributed by atoms with E-state index in [1.165, 1.54) is 11.6 Å². The van der Waals surface area contributed by atoms with Crippen LogP contribution in [-0.4, -0.2) is 55.7 Å². The lowest BCUT2D eigenvalue weighted by atomic mass is 10.2. The SMILES string of the molecule is CC(=O)N1CCN(c2nc3c(c(=O)n(C)c(=O)n3C)n2Cc2ccccc2Cl)CC1. The number of carbonyl (C=O) groups excluding carboxylic acids is 1. The predicted molar refractivity (Wildman–Crippen MR) is 115 cm³/mol. The van der Waals surface area contributed by atoms with Crippen LogP contribution in [0.2, 0.25) is 5.02 Å². The van der Waals surface area contributed by atoms with Crippen molar-refractivity contribution in [2.45, 2.75) is 13.5 Å². The van der Waals surface area contributed by atoms with Gasteiger partial charge in [-0.15, -0.1) is 0 Å². The molecule has 9 nitrogen and oxygen atoms in total. The summed E-state index contributed by atoms with van der Waals surface area (Å²) in [5, 5.41) is 0.591. The molecule has 3 heterocycles. The topological polar surface area (TPSA) is 85.4 Å². The highest BCUT2D eigenvalue weighted by Crippen LogP contribution is 2.25. The zero-order valence-electron chi connectivity index (χ0n) is 17.1. The summed E-state index contributed by atoms with van der Waals surface area (Å²) in [6, 6.07) is 7.44. The molecule has 1 aromatic carbocycles. The summed E-state index contributed by atoms with van der Waals surface area (Å²) in [5.41, 5.74) is 0.699. The number of anilines is 1. The largest absolute Gasteiger partial charge is 0.339 e. The molecule has 1 aliphatic rings. The molecule has 0 N–H and O–H groups in total. The number of imidazole rings is 1. The molecule has 1 aliphatic heterocycles. The molecule has 0 aliphatic carbocycles. The minimum Gasteiger partial charge on any atom is -0.339 e. The maximum absolute atomic E-state index is 13.0. The molecule has 0 bridgehead atoms. The first-order valence-electron chi connectivity index (χ1n) is 9.69. The molecule has 0 unspecified atom stereocenters. The van der Waals surface area contributed by atoms with Gasteiger partial charge in [-0.2, -0.15) is 4.98 Å². The molecule has 1 amide bonds. The monoisotopic (exact) mass is 430 g/mol. The molecular formula is C20H23ClN6O3. The summed E-state index contributed by atoms with van der Waals surface area (Å²) in [7, 11) is 3.07. The van der Waals surface area contributed by atoms with Gasteiger partial charge in [0.25, 0.3) is 5.56 Å². The van der Waals surface area contributed by atoms with Crippen molar-refractivity contribution in [1.82, 2.24) is 23.6 Å². The maximum atomic E-state index is 13.0. The van der Waals surface area contributed by atoms with E-state index in [0.717, 1.165) is 10.1 Å². The van der Waals surface area contributed by atoms with Crippen molar-refractivity contribution in [3.05, 3.63) is 55.7 Å². The van der Waals surface area contributed by atoms with Crippen molar-refractivity contribution in [3.63, 3.8) is 0 Å². The number of aromatic nitrogens is 4. The van der Waals surface area contributed by atoms with Gasteiger partial charge in [0.1, 0.15) is 0 Å². The molecule has 2 aromatic heterocycles. The van der Waals surface area contributed by atoms with Crippen LogP contribution in [0.5, 0.6) is 0 Å². The third kappa shape index (κ3) is 3.28. The highest BCUT2D eigenvalue weighted by Gasteiger charge is 2.26. The van der Waals surface area contributed by atoms with Crippen LogP contribution in [0.1, 0.15) is 12.5 Å². The number of hydrogen-bond acceptors (Lipinski definition) is 5. The van der Waals surface area contributed by atoms with Crippen LogP contribution in [0.15, 0.2) is 33.9 Å². The van der Waals surface area contributed by atoms with Crippen LogP contribution in [0, 0.1) is 0 Å². The number of rotatable bonds is 3. The van der Waals surface area contributed by atoms with Gasteiger partial charge < -0.3 is 9.80 Å². The third-order valence-electron chi connectivity index (χ3n) is 5.62. The van der Waals surface area contributed by atoms with Crippen molar-refractivity contribution in [2.75, 3.05) is 31.1 Å². The molecule has 10 heteroatoms. The number of carbonyl (C=O) groups is 1. The van der Waals surface area contributed by atoms with Crippen molar-refractivity contribution in [3.8, 4) is 0 Å². The Morgan fingerprint density at radius 3 is 2.37 bits per heavy atom. The van der Waals surface area contributed by atoms with Crippen molar-refractivity contribution < 1.29 is 4.79 Å². The number of aryl methyl sites for hydroxylation is 1. The second-order valence-corrected chi connectivity index (χ2v) is 7.87. The van der Waals surface area contributed by atoms with Gasteiger partial charge in [0.05, 0.1) is 6.54 Å². The second-order valence-electron chi connectivity index (χ2n) is 7.46. The summed E-state index contributed by atoms with van der Waals surface area (Å²) in [6.45, 7) is 4.20. The standard InChI is InChI=1S/C20H23ClN6O3/c1-13(28)25-8-10-26(11-9-25)19-22-17-16(18(29)24(3)20(30)23(17)2)27(19)12-14-6-4-5-7-15(14)21/h4-7H,8-12H2,1-3H3. The van der Waals surface area contributed by atoms with E-state index in [1.54, 1.807) is 24.9 Å². The minimum absolute atomic E-state index is 0.0375. The number of hydrogen-bond donors (Lipinski definition) is 0. The van der Waals surface area contributed by atoms with Gasteiger partial charge >= 0.3 is 5.69 Å². The van der Waals surface area contributed by atoms with Gasteiger partial charge in [0, 0.05) is 52.2 Å². The zero-order valence-corrected chi connectivity index (χ0v) is 17.9. The average Bonchev–Trinajstić information content (AvgIpc) is 3.11. The first kappa shape index (κ1) is 20.2. The third-order valence-corrected chi connectivity index (χ3v) is 5.99. The minimum atomic E-state index is -0.428. The molecule has 30 heavy (non-hydrogen) atoms. The van der Waals surface area contributed by atoms with Crippen molar-refractivity contribution >= 4 is 34.6 Å². The van der Waals surface area contributed by atoms with Crippen LogP contribution in [0.3, 0.4) is 0 Å². The van der Waals surface area contributed by atoms with E-state index in [2.05, 4.69) is 4.98 Å². The fourth-order valence-corrected chi connectivity index (χ4v) is 4.04. The van der Waals surface area contributed by atoms with Crippen molar-refractivity contribution in [1.29, 1.82) is 0 Å². The van der Waals surface area contributed by atoms with Crippen LogP contribution in [0.25, 0.3) is 11.2 Å². The Labute approximate surface area is 177 Å². The van der Waals surface area contributed by atoms with Crippen LogP contribution < -0.4 is 16.1 Å². The number of amides is 1. The fourth-order valence-electron chi connectivity index (χ4n) is 3.84. The fraction of sp³-hybridized carbons (Fsp3) is 0.400. The second kappa shape index (κ2) is 7.64. The van der Waals surface area contributed by atoms with Gasteiger partial charge in [-0.25, -0.2) is 4.79 Å². The molecule has 0 saturated carbocycles. The Morgan fingerprint density at radius 2 is 1.73 bits per heavy atom. The van der Waals surface area contributed by atoms with Crippen molar-refractivity contribution in [2.24, 2.45) is 14.1 Å². The van der Waals surface area contributed by atoms with E-state index in [-0.39, 0.29) is 5.91 Å². The van der Waals surface area contributed by atoms with Crippen LogP contribution in [0.4, 0.5) is 5.95 Å². The van der Waals surface area contributed by atoms with Crippen LogP contribution >= 0.6 is 11.6 Å². The molecule has 1 fully saturated rings. The highest BCUT2D eigenvalue weighted by atomic mass is 35.5. The molecule has 0 atom stereocenters. The Bertz CT molecular complexity index is 1250. The molecule has 0 spiro atoms. The Kier molecular flexibility index (Phi) is 5.15. The van der Waals surface area contributed by atoms with E-state index in [4.69, 9.17) is 11.6 Å². The number of benzene rings is 1. The summed E-state index contributed by atoms with van der Waals surface area (Å²) in [4.78, 5) is 45.6. The zero-order chi connectivity index (χ0) is 21.6. The molecule has 0 radical (unpaired) electrons. The first-order valence-corrected chi connectivity index (χ1v) is 10.1.